The minimum Gasteiger partial charge on any atom is -0.348 e. The molecule has 5 heteroatoms. The van der Waals surface area contributed by atoms with Crippen LogP contribution < -0.4 is 10.6 Å². The number of benzene rings is 1. The molecule has 1 aromatic carbocycles. The van der Waals surface area contributed by atoms with Gasteiger partial charge in [0, 0.05) is 11.0 Å². The summed E-state index contributed by atoms with van der Waals surface area (Å²) < 4.78 is 0.750. The molecule has 2 N–H and O–H groups in total. The minimum absolute atomic E-state index is 0.435. The van der Waals surface area contributed by atoms with Gasteiger partial charge in [0.05, 0.1) is 5.69 Å². The van der Waals surface area contributed by atoms with Gasteiger partial charge >= 0.3 is 11.8 Å². The molecule has 0 bridgehead atoms. The molecule has 0 aromatic heterocycles. The van der Waals surface area contributed by atoms with Crippen molar-refractivity contribution in [3.63, 3.8) is 0 Å². The highest BCUT2D eigenvalue weighted by molar-refractivity contribution is 9.10. The van der Waals surface area contributed by atoms with Crippen molar-refractivity contribution in [2.45, 2.75) is 39.5 Å². The average molecular weight is 355 g/mol. The van der Waals surface area contributed by atoms with E-state index in [1.165, 1.54) is 0 Å². The molecule has 0 aliphatic carbocycles. The monoisotopic (exact) mass is 354 g/mol. The molecule has 1 aromatic rings. The average Bonchev–Trinajstić information content (AvgIpc) is 2.49. The second-order valence-corrected chi connectivity index (χ2v) is 5.91. The molecule has 2 amide bonds. The van der Waals surface area contributed by atoms with Crippen molar-refractivity contribution in [1.82, 2.24) is 5.32 Å². The van der Waals surface area contributed by atoms with Crippen LogP contribution in [0.3, 0.4) is 0 Å². The van der Waals surface area contributed by atoms with Crippen LogP contribution in [0.15, 0.2) is 28.7 Å². The number of hydrogen-bond donors (Lipinski definition) is 2. The summed E-state index contributed by atoms with van der Waals surface area (Å²) in [6.45, 7) is 4.81. The fraction of sp³-hybridized carbons (Fsp3) is 0.500. The Morgan fingerprint density at radius 2 is 1.90 bits per heavy atom. The molecule has 0 radical (unpaired) electrons. The molecule has 0 spiro atoms. The van der Waals surface area contributed by atoms with Crippen molar-refractivity contribution in [3.05, 3.63) is 28.7 Å². The molecule has 0 saturated carbocycles. The Balaban J connectivity index is 2.44. The van der Waals surface area contributed by atoms with E-state index < -0.39 is 11.8 Å². The first kappa shape index (κ1) is 17.7. The van der Waals surface area contributed by atoms with Crippen LogP contribution >= 0.6 is 15.9 Å². The van der Waals surface area contributed by atoms with Gasteiger partial charge in [-0.2, -0.15) is 0 Å². The normalized spacial score (nSPS) is 11.8. The lowest BCUT2D eigenvalue weighted by atomic mass is 9.99. The zero-order valence-electron chi connectivity index (χ0n) is 12.6. The number of carbonyl (C=O) groups is 2. The number of unbranched alkanes of at least 4 members (excludes halogenated alkanes) is 1. The van der Waals surface area contributed by atoms with Crippen molar-refractivity contribution in [3.8, 4) is 0 Å². The molecule has 0 saturated heterocycles. The fourth-order valence-corrected chi connectivity index (χ4v) is 2.39. The van der Waals surface area contributed by atoms with Gasteiger partial charge in [0.25, 0.3) is 0 Å². The molecule has 1 rings (SSSR count). The Kier molecular flexibility index (Phi) is 8.05. The lowest BCUT2D eigenvalue weighted by Gasteiger charge is -2.15. The summed E-state index contributed by atoms with van der Waals surface area (Å²) in [5, 5.41) is 5.31. The summed E-state index contributed by atoms with van der Waals surface area (Å²) in [4.78, 5) is 23.6. The maximum Gasteiger partial charge on any atom is 0.313 e. The smallest absolute Gasteiger partial charge is 0.313 e. The number of hydrogen-bond acceptors (Lipinski definition) is 2. The van der Waals surface area contributed by atoms with E-state index >= 15 is 0 Å². The summed E-state index contributed by atoms with van der Waals surface area (Å²) >= 11 is 3.33. The number of halogens is 1. The van der Waals surface area contributed by atoms with Gasteiger partial charge < -0.3 is 10.6 Å². The van der Waals surface area contributed by atoms with Crippen LogP contribution in [0.4, 0.5) is 5.69 Å². The third-order valence-corrected chi connectivity index (χ3v) is 4.11. The first-order chi connectivity index (χ1) is 10.1. The third kappa shape index (κ3) is 6.29. The number of nitrogens with one attached hydrogen (secondary N) is 2. The zero-order chi connectivity index (χ0) is 15.7. The standard InChI is InChI=1S/C16H23BrN2O2/c1-3-5-8-12(4-2)11-18-15(20)16(21)19-14-10-7-6-9-13(14)17/h6-7,9-10,12H,3-5,8,11H2,1-2H3,(H,18,20)(H,19,21)/t12-/m1/s1. The summed E-state index contributed by atoms with van der Waals surface area (Å²) in [6.07, 6.45) is 4.38. The fourth-order valence-electron chi connectivity index (χ4n) is 2.00. The Hall–Kier alpha value is -1.36. The Bertz CT molecular complexity index is 477. The third-order valence-electron chi connectivity index (χ3n) is 3.42. The van der Waals surface area contributed by atoms with Gasteiger partial charge in [-0.3, -0.25) is 9.59 Å². The van der Waals surface area contributed by atoms with Gasteiger partial charge in [-0.25, -0.2) is 0 Å². The summed E-state index contributed by atoms with van der Waals surface area (Å²) in [5.41, 5.74) is 0.593. The molecule has 116 valence electrons. The van der Waals surface area contributed by atoms with Gasteiger partial charge in [0.1, 0.15) is 0 Å². The highest BCUT2D eigenvalue weighted by atomic mass is 79.9. The lowest BCUT2D eigenvalue weighted by molar-refractivity contribution is -0.136. The summed E-state index contributed by atoms with van der Waals surface area (Å²) in [6, 6.07) is 7.20. The van der Waals surface area contributed by atoms with Crippen molar-refractivity contribution in [1.29, 1.82) is 0 Å². The molecule has 0 unspecified atom stereocenters. The number of anilines is 1. The number of rotatable bonds is 7. The first-order valence-electron chi connectivity index (χ1n) is 7.42. The van der Waals surface area contributed by atoms with Crippen molar-refractivity contribution >= 4 is 33.4 Å². The predicted octanol–water partition coefficient (Wildman–Crippen LogP) is 3.72. The Morgan fingerprint density at radius 1 is 1.19 bits per heavy atom. The maximum atomic E-state index is 11.8. The molecular weight excluding hydrogens is 332 g/mol. The summed E-state index contributed by atoms with van der Waals surface area (Å²) in [5.74, 6) is -0.780. The van der Waals surface area contributed by atoms with Gasteiger partial charge in [-0.1, -0.05) is 45.2 Å². The van der Waals surface area contributed by atoms with Crippen LogP contribution in [0.25, 0.3) is 0 Å². The zero-order valence-corrected chi connectivity index (χ0v) is 14.2. The molecule has 0 heterocycles. The number of para-hydroxylation sites is 1. The highest BCUT2D eigenvalue weighted by Gasteiger charge is 2.16. The lowest BCUT2D eigenvalue weighted by Crippen LogP contribution is -2.38. The van der Waals surface area contributed by atoms with Crippen LogP contribution in [0.5, 0.6) is 0 Å². The molecule has 4 nitrogen and oxygen atoms in total. The van der Waals surface area contributed by atoms with Crippen molar-refractivity contribution < 1.29 is 9.59 Å². The van der Waals surface area contributed by atoms with E-state index in [4.69, 9.17) is 0 Å². The molecule has 0 aliphatic heterocycles. The SMILES string of the molecule is CCCC[C@@H](CC)CNC(=O)C(=O)Nc1ccccc1Br. The van der Waals surface area contributed by atoms with E-state index in [0.29, 0.717) is 18.2 Å². The van der Waals surface area contributed by atoms with Crippen LogP contribution in [-0.4, -0.2) is 18.4 Å². The topological polar surface area (TPSA) is 58.2 Å². The predicted molar refractivity (Wildman–Crippen MR) is 89.1 cm³/mol. The summed E-state index contributed by atoms with van der Waals surface area (Å²) in [7, 11) is 0. The van der Waals surface area contributed by atoms with Gasteiger partial charge in [-0.15, -0.1) is 0 Å². The van der Waals surface area contributed by atoms with E-state index in [1.807, 2.05) is 12.1 Å². The van der Waals surface area contributed by atoms with E-state index in [0.717, 1.165) is 30.2 Å². The first-order valence-corrected chi connectivity index (χ1v) is 8.21. The second-order valence-electron chi connectivity index (χ2n) is 5.06. The molecule has 0 aliphatic rings. The van der Waals surface area contributed by atoms with Gasteiger partial charge in [0.2, 0.25) is 0 Å². The van der Waals surface area contributed by atoms with Crippen molar-refractivity contribution in [2.75, 3.05) is 11.9 Å². The van der Waals surface area contributed by atoms with E-state index in [1.54, 1.807) is 12.1 Å². The van der Waals surface area contributed by atoms with E-state index in [9.17, 15) is 9.59 Å². The minimum atomic E-state index is -0.632. The highest BCUT2D eigenvalue weighted by Crippen LogP contribution is 2.20. The largest absolute Gasteiger partial charge is 0.348 e. The van der Waals surface area contributed by atoms with Crippen LogP contribution in [-0.2, 0) is 9.59 Å². The molecule has 1 atom stereocenters. The molecule has 0 fully saturated rings. The number of amides is 2. The van der Waals surface area contributed by atoms with Crippen LogP contribution in [0.1, 0.15) is 39.5 Å². The van der Waals surface area contributed by atoms with Crippen molar-refractivity contribution in [2.24, 2.45) is 5.92 Å². The molecule has 21 heavy (non-hydrogen) atoms. The quantitative estimate of drug-likeness (QED) is 0.733. The molecular formula is C16H23BrN2O2. The maximum absolute atomic E-state index is 11.8. The van der Waals surface area contributed by atoms with E-state index in [-0.39, 0.29) is 0 Å². The van der Waals surface area contributed by atoms with Gasteiger partial charge in [0.15, 0.2) is 0 Å². The van der Waals surface area contributed by atoms with Crippen LogP contribution in [0.2, 0.25) is 0 Å². The Labute approximate surface area is 134 Å². The Morgan fingerprint density at radius 3 is 2.52 bits per heavy atom. The second kappa shape index (κ2) is 9.55. The van der Waals surface area contributed by atoms with Crippen LogP contribution in [0, 0.1) is 5.92 Å². The van der Waals surface area contributed by atoms with E-state index in [2.05, 4.69) is 40.4 Å². The van der Waals surface area contributed by atoms with Gasteiger partial charge in [-0.05, 0) is 40.4 Å². The number of carbonyl (C=O) groups excluding carboxylic acids is 2.